The summed E-state index contributed by atoms with van der Waals surface area (Å²) in [6.07, 6.45) is 0. The number of aromatic nitrogens is 1. The Morgan fingerprint density at radius 1 is 0.244 bits per heavy atom. The molecule has 19 aromatic rings. The molecular weight excluding hydrogens is 1640 g/mol. The second kappa shape index (κ2) is 47.2. The van der Waals surface area contributed by atoms with Gasteiger partial charge in [0.05, 0.1) is 30.2 Å². The van der Waals surface area contributed by atoms with Crippen molar-refractivity contribution < 1.29 is 38.1 Å². The molecule has 19 rings (SSSR count). The fourth-order valence-corrected chi connectivity index (χ4v) is 16.5. The van der Waals surface area contributed by atoms with Crippen molar-refractivity contribution in [2.24, 2.45) is 0 Å². The molecule has 135 heavy (non-hydrogen) atoms. The van der Waals surface area contributed by atoms with Crippen LogP contribution in [-0.2, 0) is 0 Å². The van der Waals surface area contributed by atoms with Crippen LogP contribution in [0.1, 0.15) is 177 Å². The summed E-state index contributed by atoms with van der Waals surface area (Å²) in [5.41, 5.74) is 27.0. The Hall–Kier alpha value is -15.2. The monoisotopic (exact) mass is 1780 g/mol. The van der Waals surface area contributed by atoms with Crippen molar-refractivity contribution in [3.8, 4) is 118 Å². The van der Waals surface area contributed by atoms with Gasteiger partial charge in [0.1, 0.15) is 46.0 Å². The van der Waals surface area contributed by atoms with Gasteiger partial charge in [-0.25, -0.2) is 0 Å². The number of para-hydroxylation sites is 9. The number of hydrogen-bond donors (Lipinski definition) is 0. The maximum atomic E-state index is 8.20. The lowest BCUT2D eigenvalue weighted by Crippen LogP contribution is -2.11. The van der Waals surface area contributed by atoms with Gasteiger partial charge in [-0.15, -0.1) is 0 Å². The van der Waals surface area contributed by atoms with E-state index in [0.29, 0.717) is 35.0 Å². The molecule has 0 fully saturated rings. The molecule has 18 aromatic carbocycles. The van der Waals surface area contributed by atoms with Gasteiger partial charge >= 0.3 is 0 Å². The van der Waals surface area contributed by atoms with E-state index >= 15 is 0 Å². The van der Waals surface area contributed by atoms with Crippen LogP contribution in [0.3, 0.4) is 0 Å². The normalized spacial score (nSPS) is 12.3. The highest BCUT2D eigenvalue weighted by atomic mass is 16.5. The SMILES string of the molecule is CC(C)c1c(-c2cc(-c3ccccc3)cc(-c3ccccc3)c2)cccc1-c1cc(-c2ccccc2)cc(-c2ccccc2)c1.CC(C)c1cccc2c3ccccc3n(-c3ccccc3)c12.CC(C)c1ccccc1N(C)C.CC(C)c1ccccc1Oc1ccccc1.[2H]c1c([2H])c([2H])c(Oc2cccc(Oc3c([2H])c([2H])c(C)c([2H])c3[2H])c2C(C)C)c([2H])c1[2H].[2H]c1c([2H])c([2H])c(Oc2ccccc2C(C)C)c([2H])c1[2H]. The predicted octanol–water partition coefficient (Wildman–Crippen LogP) is 37.5. The summed E-state index contributed by atoms with van der Waals surface area (Å²) in [6.45, 7) is 27.1. The Morgan fingerprint density at radius 3 is 0.978 bits per heavy atom. The van der Waals surface area contributed by atoms with Crippen LogP contribution in [0.4, 0.5) is 5.69 Å². The van der Waals surface area contributed by atoms with Crippen LogP contribution in [0.5, 0.6) is 46.0 Å². The molecule has 0 saturated heterocycles. The molecular formula is C129H126N2O4. The van der Waals surface area contributed by atoms with Gasteiger partial charge in [0, 0.05) is 41.8 Å². The second-order valence-electron chi connectivity index (χ2n) is 35.0. The van der Waals surface area contributed by atoms with Crippen LogP contribution < -0.4 is 23.8 Å². The molecule has 0 unspecified atom stereocenters. The Bertz CT molecular complexity index is 7390. The third kappa shape index (κ3) is 25.3. The van der Waals surface area contributed by atoms with Gasteiger partial charge in [-0.1, -0.05) is 410 Å². The van der Waals surface area contributed by atoms with Crippen LogP contribution in [-0.4, -0.2) is 18.7 Å². The van der Waals surface area contributed by atoms with Gasteiger partial charge in [-0.2, -0.15) is 0 Å². The number of anilines is 1. The molecule has 6 heteroatoms. The first-order chi connectivity index (χ1) is 71.5. The maximum Gasteiger partial charge on any atom is 0.134 e. The predicted molar refractivity (Wildman–Crippen MR) is 575 cm³/mol. The molecule has 1 heterocycles. The molecule has 1 aromatic heterocycles. The molecule has 0 atom stereocenters. The number of fused-ring (bicyclic) bond motifs is 3. The Morgan fingerprint density at radius 2 is 0.563 bits per heavy atom. The molecule has 676 valence electrons. The smallest absolute Gasteiger partial charge is 0.134 e. The van der Waals surface area contributed by atoms with Crippen molar-refractivity contribution in [3.05, 3.63) is 494 Å². The first-order valence-corrected chi connectivity index (χ1v) is 46.3. The summed E-state index contributed by atoms with van der Waals surface area (Å²) >= 11 is 0. The molecule has 0 N–H and O–H groups in total. The molecule has 0 aliphatic rings. The van der Waals surface area contributed by atoms with E-state index in [1.165, 1.54) is 129 Å². The summed E-state index contributed by atoms with van der Waals surface area (Å²) in [6, 6.07) is 123. The highest BCUT2D eigenvalue weighted by Gasteiger charge is 2.22. The van der Waals surface area contributed by atoms with Gasteiger partial charge in [-0.3, -0.25) is 0 Å². The molecule has 0 aliphatic heterocycles. The molecule has 0 spiro atoms. The number of nitrogens with zero attached hydrogens (tertiary/aromatic N) is 2. The summed E-state index contributed by atoms with van der Waals surface area (Å²) in [5.74, 6) is 3.88. The Kier molecular flexibility index (Phi) is 27.4. The van der Waals surface area contributed by atoms with E-state index < -0.39 is 48.3 Å². The van der Waals surface area contributed by atoms with E-state index in [9.17, 15) is 0 Å². The summed E-state index contributed by atoms with van der Waals surface area (Å²) in [4.78, 5) is 2.16. The van der Waals surface area contributed by atoms with Gasteiger partial charge in [-0.05, 0) is 270 Å². The Balaban J connectivity index is 0.000000149. The Labute approximate surface area is 822 Å². The zero-order valence-electron chi connectivity index (χ0n) is 93.7. The largest absolute Gasteiger partial charge is 0.457 e. The number of rotatable bonds is 22. The molecule has 0 radical (unpaired) electrons. The van der Waals surface area contributed by atoms with Crippen LogP contribution in [0.15, 0.2) is 455 Å². The second-order valence-corrected chi connectivity index (χ2v) is 35.0. The summed E-state index contributed by atoms with van der Waals surface area (Å²) in [5, 5.41) is 2.66. The van der Waals surface area contributed by atoms with E-state index in [-0.39, 0.29) is 82.4 Å². The number of hydrogen-bond acceptors (Lipinski definition) is 5. The van der Waals surface area contributed by atoms with E-state index in [2.05, 4.69) is 358 Å². The van der Waals surface area contributed by atoms with Crippen LogP contribution in [0.2, 0.25) is 0 Å². The van der Waals surface area contributed by atoms with Crippen molar-refractivity contribution in [1.82, 2.24) is 4.57 Å². The average molecular weight is 1780 g/mol. The minimum atomic E-state index is -0.527. The number of benzene rings is 18. The van der Waals surface area contributed by atoms with Gasteiger partial charge in [0.15, 0.2) is 0 Å². The summed E-state index contributed by atoms with van der Waals surface area (Å²) in [7, 11) is 4.17. The third-order valence-electron chi connectivity index (χ3n) is 23.0. The lowest BCUT2D eigenvalue weighted by atomic mass is 9.83. The van der Waals surface area contributed by atoms with E-state index in [4.69, 9.17) is 38.1 Å². The van der Waals surface area contributed by atoms with E-state index in [1.807, 2.05) is 88.4 Å². The topological polar surface area (TPSA) is 45.1 Å². The lowest BCUT2D eigenvalue weighted by molar-refractivity contribution is 0.444. The van der Waals surface area contributed by atoms with Crippen molar-refractivity contribution in [2.75, 3.05) is 19.0 Å². The summed E-state index contributed by atoms with van der Waals surface area (Å²) < 4.78 is 136. The fraction of sp³-hybridized carbons (Fsp3) is 0.163. The molecule has 0 amide bonds. The third-order valence-corrected chi connectivity index (χ3v) is 23.0. The molecule has 0 saturated carbocycles. The van der Waals surface area contributed by atoms with Crippen molar-refractivity contribution >= 4 is 27.5 Å². The first-order valence-electron chi connectivity index (χ1n) is 53.3. The quantitative estimate of drug-likeness (QED) is 0.0677. The minimum absolute atomic E-state index is 0.144. The molecule has 6 nitrogen and oxygen atoms in total. The lowest BCUT2D eigenvalue weighted by Gasteiger charge is -2.21. The standard InChI is InChI=1S/C45H36.C22H22O2.C21H19N.2C15H16O.C11H17N/c1-32(2)45-43(41-28-37(33-16-7-3-8-17-33)26-38(29-41)34-18-9-4-10-19-34)24-15-25-44(45)42-30-39(35-20-11-5-12-21-35)27-40(31-42)36-22-13-6-14-23-36;1-16(2)22-20(23-18-8-5-4-6-9-18)10-7-11-21(22)24-19-14-12-17(3)13-15-19;1-15(2)17-12-8-13-19-18-11-6-7-14-20(18)22(21(17)19)16-9-4-3-5-10-16;2*1-12(2)14-10-6-7-11-15(14)16-13-8-4-3-5-9-13;1-9(2)10-7-5-6-8-11(10)12(3)4/h3-32H,1-2H3;4-16H,1-3H3;3-15H,1-2H3;2*3-12H,1-2H3;5-9H,1-4H3/i;4D,5D,6D,8D,9D,12D,13D,14D,15D;;3D,4D,5D,8D,9D;;. The van der Waals surface area contributed by atoms with Crippen molar-refractivity contribution in [3.63, 3.8) is 0 Å². The average Bonchev–Trinajstić information content (AvgIpc) is 1.64. The number of ether oxygens (including phenoxy) is 4. The zero-order chi connectivity index (χ0) is 107. The van der Waals surface area contributed by atoms with Crippen molar-refractivity contribution in [1.29, 1.82) is 0 Å². The molecule has 0 aliphatic carbocycles. The van der Waals surface area contributed by atoms with E-state index in [0.717, 1.165) is 17.1 Å². The zero-order valence-corrected chi connectivity index (χ0v) is 79.7. The molecule has 0 bridgehead atoms. The van der Waals surface area contributed by atoms with Crippen LogP contribution in [0.25, 0.3) is 94.3 Å². The first kappa shape index (κ1) is 78.4. The maximum absolute atomic E-state index is 8.20. The van der Waals surface area contributed by atoms with Gasteiger partial charge in [0.25, 0.3) is 0 Å². The van der Waals surface area contributed by atoms with Gasteiger partial charge < -0.3 is 28.4 Å². The van der Waals surface area contributed by atoms with Gasteiger partial charge in [0.2, 0.25) is 0 Å². The highest BCUT2D eigenvalue weighted by Crippen LogP contribution is 2.46. The van der Waals surface area contributed by atoms with Crippen LogP contribution in [0, 0.1) is 6.92 Å². The minimum Gasteiger partial charge on any atom is -0.457 e. The van der Waals surface area contributed by atoms with Crippen LogP contribution >= 0.6 is 0 Å². The highest BCUT2D eigenvalue weighted by molar-refractivity contribution is 6.10. The fourth-order valence-electron chi connectivity index (χ4n) is 16.5. The van der Waals surface area contributed by atoms with Crippen molar-refractivity contribution in [2.45, 2.75) is 126 Å². The van der Waals surface area contributed by atoms with E-state index in [1.54, 1.807) is 30.3 Å².